The van der Waals surface area contributed by atoms with Crippen molar-refractivity contribution in [1.82, 2.24) is 0 Å². The molecule has 0 saturated heterocycles. The van der Waals surface area contributed by atoms with Crippen LogP contribution >= 0.6 is 15.6 Å². The lowest BCUT2D eigenvalue weighted by Crippen LogP contribution is -2.30. The molecule has 5 atom stereocenters. The van der Waals surface area contributed by atoms with E-state index in [1.165, 1.54) is 19.3 Å². The first-order chi connectivity index (χ1) is 51.7. The number of phosphoric ester groups is 2. The number of hydrogen-bond acceptors (Lipinski definition) is 15. The Morgan fingerprint density at radius 2 is 0.528 bits per heavy atom. The number of unbranched alkanes of at least 4 members (excludes halogenated alkanes) is 18. The fourth-order valence-corrected chi connectivity index (χ4v) is 11.5. The van der Waals surface area contributed by atoms with Crippen molar-refractivity contribution >= 4 is 39.5 Å². The van der Waals surface area contributed by atoms with Gasteiger partial charge in [0.2, 0.25) is 0 Å². The van der Waals surface area contributed by atoms with Crippen molar-refractivity contribution in [2.24, 2.45) is 0 Å². The van der Waals surface area contributed by atoms with Gasteiger partial charge in [0.05, 0.1) is 32.8 Å². The Morgan fingerprint density at radius 3 is 0.840 bits per heavy atom. The van der Waals surface area contributed by atoms with Crippen LogP contribution in [0.3, 0.4) is 0 Å². The van der Waals surface area contributed by atoms with Crippen molar-refractivity contribution in [3.05, 3.63) is 182 Å². The SMILES string of the molecule is CC/C=C\C/C=C\C/C=C\C/C=C\C/C=C\CC(=O)OC(COC(=O)CCCCCC/C=C\C/C=C\C/C=C\C/C=C\CC)COP(=O)(O)OCC(O)COP(=O)(O)OCC(COC(=O)CCCCCCCC/C=C\C/C=C\C/C=C\C/C=C\CC)OC(=O)CCCCCCC/C=C\C/C=C\CCCCC. The third-order valence-corrected chi connectivity index (χ3v) is 17.8. The molecule has 0 fully saturated rings. The maximum absolute atomic E-state index is 13.1. The number of carbonyl (C=O) groups is 4. The Hall–Kier alpha value is -5.84. The smallest absolute Gasteiger partial charge is 0.462 e. The number of hydrogen-bond donors (Lipinski definition) is 3. The van der Waals surface area contributed by atoms with Gasteiger partial charge in [0, 0.05) is 19.3 Å². The second kappa shape index (κ2) is 77.3. The first-order valence-electron chi connectivity index (χ1n) is 40.0. The van der Waals surface area contributed by atoms with Crippen LogP contribution in [0, 0.1) is 0 Å². The van der Waals surface area contributed by atoms with Crippen LogP contribution in [0.1, 0.15) is 285 Å². The van der Waals surface area contributed by atoms with E-state index in [0.29, 0.717) is 25.7 Å². The summed E-state index contributed by atoms with van der Waals surface area (Å²) in [6.45, 7) is 4.31. The lowest BCUT2D eigenvalue weighted by atomic mass is 10.1. The Labute approximate surface area is 641 Å². The van der Waals surface area contributed by atoms with Crippen molar-refractivity contribution in [2.75, 3.05) is 39.6 Å². The minimum atomic E-state index is -5.02. The van der Waals surface area contributed by atoms with Crippen LogP contribution in [-0.2, 0) is 65.4 Å². The summed E-state index contributed by atoms with van der Waals surface area (Å²) in [4.78, 5) is 73.0. The second-order valence-electron chi connectivity index (χ2n) is 25.9. The zero-order valence-electron chi connectivity index (χ0n) is 65.5. The van der Waals surface area contributed by atoms with Crippen LogP contribution in [0.4, 0.5) is 0 Å². The van der Waals surface area contributed by atoms with Crippen molar-refractivity contribution < 1.29 is 80.2 Å². The molecule has 19 heteroatoms. The van der Waals surface area contributed by atoms with Gasteiger partial charge >= 0.3 is 39.5 Å². The molecule has 0 aliphatic carbocycles. The van der Waals surface area contributed by atoms with E-state index in [1.807, 2.05) is 12.2 Å². The van der Waals surface area contributed by atoms with Crippen molar-refractivity contribution in [3.8, 4) is 0 Å². The molecule has 17 nitrogen and oxygen atoms in total. The maximum Gasteiger partial charge on any atom is 0.472 e. The van der Waals surface area contributed by atoms with Gasteiger partial charge in [-0.2, -0.15) is 0 Å². The molecule has 0 aliphatic rings. The molecule has 0 aliphatic heterocycles. The van der Waals surface area contributed by atoms with E-state index in [4.69, 9.17) is 37.0 Å². The Kier molecular flexibility index (Phi) is 73.1. The van der Waals surface area contributed by atoms with Gasteiger partial charge in [0.1, 0.15) is 19.3 Å². The van der Waals surface area contributed by atoms with Crippen LogP contribution in [0.5, 0.6) is 0 Å². The van der Waals surface area contributed by atoms with Crippen LogP contribution in [0.2, 0.25) is 0 Å². The minimum absolute atomic E-state index is 0.0661. The lowest BCUT2D eigenvalue weighted by molar-refractivity contribution is -0.161. The van der Waals surface area contributed by atoms with E-state index in [1.54, 1.807) is 12.2 Å². The summed E-state index contributed by atoms with van der Waals surface area (Å²) in [6, 6.07) is 0. The van der Waals surface area contributed by atoms with Gasteiger partial charge in [0.25, 0.3) is 0 Å². The first-order valence-corrected chi connectivity index (χ1v) is 43.0. The van der Waals surface area contributed by atoms with Crippen LogP contribution in [-0.4, -0.2) is 96.7 Å². The summed E-state index contributed by atoms with van der Waals surface area (Å²) in [5.74, 6) is -2.40. The molecule has 0 aromatic heterocycles. The molecule has 0 bridgehead atoms. The van der Waals surface area contributed by atoms with Gasteiger partial charge in [-0.25, -0.2) is 9.13 Å². The molecule has 106 heavy (non-hydrogen) atoms. The monoisotopic (exact) mass is 1520 g/mol. The third kappa shape index (κ3) is 76.4. The van der Waals surface area contributed by atoms with Gasteiger partial charge in [-0.15, -0.1) is 0 Å². The molecule has 0 spiro atoms. The summed E-state index contributed by atoms with van der Waals surface area (Å²) >= 11 is 0. The molecule has 0 radical (unpaired) electrons. The molecule has 0 heterocycles. The van der Waals surface area contributed by atoms with Crippen LogP contribution in [0.25, 0.3) is 0 Å². The van der Waals surface area contributed by atoms with Gasteiger partial charge in [-0.05, 0) is 161 Å². The highest BCUT2D eigenvalue weighted by Crippen LogP contribution is 2.45. The highest BCUT2D eigenvalue weighted by atomic mass is 31.2. The predicted octanol–water partition coefficient (Wildman–Crippen LogP) is 23.6. The number of allylic oxidation sites excluding steroid dienone is 29. The molecule has 0 aromatic rings. The van der Waals surface area contributed by atoms with E-state index in [2.05, 4.69) is 186 Å². The molecule has 0 saturated carbocycles. The van der Waals surface area contributed by atoms with E-state index in [9.17, 15) is 43.2 Å². The first kappa shape index (κ1) is 100. The van der Waals surface area contributed by atoms with E-state index < -0.39 is 97.5 Å². The molecule has 0 aromatic carbocycles. The maximum atomic E-state index is 13.1. The fourth-order valence-electron chi connectivity index (χ4n) is 9.89. The summed E-state index contributed by atoms with van der Waals surface area (Å²) in [6.07, 6.45) is 93.3. The van der Waals surface area contributed by atoms with E-state index >= 15 is 0 Å². The average Bonchev–Trinajstić information content (AvgIpc) is 0.902. The molecule has 600 valence electrons. The second-order valence-corrected chi connectivity index (χ2v) is 28.8. The topological polar surface area (TPSA) is 237 Å². The number of carbonyl (C=O) groups excluding carboxylic acids is 4. The quantitative estimate of drug-likeness (QED) is 0.0169. The highest BCUT2D eigenvalue weighted by molar-refractivity contribution is 7.47. The summed E-state index contributed by atoms with van der Waals surface area (Å²) in [5, 5.41) is 10.6. The van der Waals surface area contributed by atoms with E-state index in [-0.39, 0.29) is 25.7 Å². The zero-order chi connectivity index (χ0) is 77.4. The Balaban J connectivity index is 5.48. The number of aliphatic hydroxyl groups is 1. The molecule has 3 N–H and O–H groups in total. The number of phosphoric acid groups is 2. The summed E-state index contributed by atoms with van der Waals surface area (Å²) in [7, 11) is -10.0. The molecular formula is C87H140O17P2. The molecule has 0 rings (SSSR count). The molecule has 0 amide bonds. The zero-order valence-corrected chi connectivity index (χ0v) is 67.3. The highest BCUT2D eigenvalue weighted by Gasteiger charge is 2.30. The Morgan fingerprint density at radius 1 is 0.283 bits per heavy atom. The van der Waals surface area contributed by atoms with Crippen molar-refractivity contribution in [2.45, 2.75) is 303 Å². The van der Waals surface area contributed by atoms with Gasteiger partial charge in [-0.3, -0.25) is 37.3 Å². The van der Waals surface area contributed by atoms with E-state index in [0.717, 1.165) is 186 Å². The average molecular weight is 1520 g/mol. The largest absolute Gasteiger partial charge is 0.472 e. The van der Waals surface area contributed by atoms with Gasteiger partial charge in [-0.1, -0.05) is 281 Å². The lowest BCUT2D eigenvalue weighted by Gasteiger charge is -2.21. The summed E-state index contributed by atoms with van der Waals surface area (Å²) < 4.78 is 68.5. The molecule has 5 unspecified atom stereocenters. The number of rotatable bonds is 73. The van der Waals surface area contributed by atoms with Gasteiger partial charge < -0.3 is 33.8 Å². The normalized spacial score (nSPS) is 14.8. The minimum Gasteiger partial charge on any atom is -0.462 e. The number of ether oxygens (including phenoxy) is 4. The molecular weight excluding hydrogens is 1380 g/mol. The van der Waals surface area contributed by atoms with Crippen LogP contribution < -0.4 is 0 Å². The number of aliphatic hydroxyl groups excluding tert-OH is 1. The third-order valence-electron chi connectivity index (χ3n) is 15.9. The predicted molar refractivity (Wildman–Crippen MR) is 436 cm³/mol. The Bertz CT molecular complexity index is 2730. The summed E-state index contributed by atoms with van der Waals surface area (Å²) in [5.41, 5.74) is 0. The van der Waals surface area contributed by atoms with Crippen molar-refractivity contribution in [1.29, 1.82) is 0 Å². The fraction of sp³-hybridized carbons (Fsp3) is 0.609. The van der Waals surface area contributed by atoms with Crippen molar-refractivity contribution in [3.63, 3.8) is 0 Å². The number of esters is 4. The van der Waals surface area contributed by atoms with Crippen LogP contribution in [0.15, 0.2) is 182 Å². The van der Waals surface area contributed by atoms with Gasteiger partial charge in [0.15, 0.2) is 12.2 Å². The standard InChI is InChI=1S/C87H140O17P2/c1-5-9-13-17-21-25-29-33-37-39-40-42-46-48-52-56-60-64-68-72-85(90)98-78-83(104-87(92)74-70-66-62-58-54-50-44-36-32-28-24-20-16-12-8-4)80-102-106(95,96)100-76-81(88)75-99-105(93,94)101-79-82(103-86(91)73-69-65-61-57-53-49-43-35-31-27-23-19-15-11-7-3)77-97-84(89)71-67-63-59-55-51-47-45-41-38-34-30-26-22-18-14-10-6-2/h9-11,13-15,21-28,33-38,40,42-45,47,53,57,65,69,81-83,88H,5-8,12,16-20,29-32,39,41,46,48-52,54-56,58-64,66-68,70-80H2,1-4H3,(H,93,94)(H,95,96)/b13-9-,14-10-,15-11-,25-21-,26-22-,27-23-,28-24-,37-33-,38-34-,42-40-,43-35-,44-36-,47-45-,57-53-,69-65-.